The molecule has 0 aromatic rings. The van der Waals surface area contributed by atoms with E-state index in [1.165, 1.54) is 18.4 Å². The largest absolute Gasteiger partial charge is 0.393 e. The van der Waals surface area contributed by atoms with E-state index in [-0.39, 0.29) is 28.6 Å². The summed E-state index contributed by atoms with van der Waals surface area (Å²) in [5, 5.41) is 21.9. The molecule has 1 spiro atoms. The number of aliphatic hydroxyl groups is 2. The minimum Gasteiger partial charge on any atom is -0.393 e. The third kappa shape index (κ3) is 2.95. The van der Waals surface area contributed by atoms with Gasteiger partial charge in [0.15, 0.2) is 0 Å². The van der Waals surface area contributed by atoms with Crippen LogP contribution in [0, 0.1) is 40.4 Å². The molecule has 0 aromatic carbocycles. The first kappa shape index (κ1) is 22.2. The smallest absolute Gasteiger partial charge is 0.118 e. The number of hydrogen-bond acceptors (Lipinski definition) is 3. The van der Waals surface area contributed by atoms with Gasteiger partial charge < -0.3 is 14.9 Å². The number of rotatable bonds is 4. The first-order chi connectivity index (χ1) is 14.5. The third-order valence-electron chi connectivity index (χ3n) is 10.9. The van der Waals surface area contributed by atoms with Crippen molar-refractivity contribution >= 4 is 0 Å². The van der Waals surface area contributed by atoms with Crippen LogP contribution in [0.25, 0.3) is 0 Å². The van der Waals surface area contributed by atoms with E-state index in [4.69, 9.17) is 4.74 Å². The Morgan fingerprint density at radius 1 is 1.00 bits per heavy atom. The average Bonchev–Trinajstić information content (AvgIpc) is 3.34. The molecule has 0 radical (unpaired) electrons. The van der Waals surface area contributed by atoms with Crippen LogP contribution in [0.2, 0.25) is 0 Å². The minimum absolute atomic E-state index is 0.0656. The van der Waals surface area contributed by atoms with E-state index < -0.39 is 6.10 Å². The molecule has 1 heterocycles. The van der Waals surface area contributed by atoms with Gasteiger partial charge in [0.2, 0.25) is 0 Å². The van der Waals surface area contributed by atoms with Crippen molar-refractivity contribution in [2.45, 2.75) is 110 Å². The Labute approximate surface area is 189 Å². The monoisotopic (exact) mass is 428 g/mol. The lowest BCUT2D eigenvalue weighted by molar-refractivity contribution is -0.0512. The molecule has 0 amide bonds. The second-order valence-electron chi connectivity index (χ2n) is 12.6. The SMILES string of the molecule is CC(C)[C@H](C)/C=C/[C@@H](C)C1CCC2=C3C(CC[C@@]21C)[C@@]1(C)CC[C@H](O)C[C@@]12O[C@H]2[C@H]3O. The van der Waals surface area contributed by atoms with Crippen LogP contribution in [0.1, 0.15) is 86.5 Å². The zero-order valence-electron chi connectivity index (χ0n) is 20.5. The van der Waals surface area contributed by atoms with E-state index in [1.54, 1.807) is 5.57 Å². The van der Waals surface area contributed by atoms with Crippen molar-refractivity contribution in [3.05, 3.63) is 23.3 Å². The van der Waals surface area contributed by atoms with Crippen LogP contribution < -0.4 is 0 Å². The van der Waals surface area contributed by atoms with Gasteiger partial charge in [-0.2, -0.15) is 0 Å². The molecule has 2 unspecified atom stereocenters. The zero-order valence-corrected chi connectivity index (χ0v) is 20.5. The van der Waals surface area contributed by atoms with Crippen molar-refractivity contribution in [2.24, 2.45) is 40.4 Å². The summed E-state index contributed by atoms with van der Waals surface area (Å²) >= 11 is 0. The number of allylic oxidation sites excluding steroid dienone is 3. The standard InChI is InChI=1S/C28H44O3/c1-16(2)17(3)7-8-18(4)20-9-10-21-23-22(12-13-26(20,21)5)27(6)14-11-19(29)15-28(27)25(31-28)24(23)30/h7-8,16-20,22,24-25,29-30H,9-15H2,1-6H3/b8-7+/t17-,18-,19+,20?,22?,24+,25+,26-,27-,28+/m1/s1. The number of aliphatic hydroxyl groups excluding tert-OH is 2. The number of epoxide rings is 1. The van der Waals surface area contributed by atoms with Gasteiger partial charge in [-0.15, -0.1) is 0 Å². The molecule has 3 nitrogen and oxygen atoms in total. The maximum absolute atomic E-state index is 11.5. The number of hydrogen-bond donors (Lipinski definition) is 2. The Kier molecular flexibility index (Phi) is 5.13. The summed E-state index contributed by atoms with van der Waals surface area (Å²) in [4.78, 5) is 0. The van der Waals surface area contributed by atoms with Crippen molar-refractivity contribution in [3.8, 4) is 0 Å². The van der Waals surface area contributed by atoms with E-state index in [9.17, 15) is 10.2 Å². The lowest BCUT2D eigenvalue weighted by Gasteiger charge is -2.55. The maximum Gasteiger partial charge on any atom is 0.118 e. The Morgan fingerprint density at radius 3 is 2.45 bits per heavy atom. The summed E-state index contributed by atoms with van der Waals surface area (Å²) < 4.78 is 6.33. The molecule has 5 rings (SSSR count). The molecule has 10 atom stereocenters. The van der Waals surface area contributed by atoms with E-state index in [0.29, 0.717) is 36.0 Å². The topological polar surface area (TPSA) is 53.0 Å². The fourth-order valence-corrected chi connectivity index (χ4v) is 8.48. The first-order valence-electron chi connectivity index (χ1n) is 13.0. The molecule has 0 bridgehead atoms. The van der Waals surface area contributed by atoms with Gasteiger partial charge in [0.1, 0.15) is 17.8 Å². The molecule has 1 aliphatic heterocycles. The second-order valence-corrected chi connectivity index (χ2v) is 12.6. The lowest BCUT2D eigenvalue weighted by atomic mass is 9.48. The summed E-state index contributed by atoms with van der Waals surface area (Å²) in [6.07, 6.45) is 11.4. The fourth-order valence-electron chi connectivity index (χ4n) is 8.48. The molecule has 0 aromatic heterocycles. The summed E-state index contributed by atoms with van der Waals surface area (Å²) in [6, 6.07) is 0. The van der Waals surface area contributed by atoms with Gasteiger partial charge in [-0.25, -0.2) is 0 Å². The van der Waals surface area contributed by atoms with Crippen LogP contribution in [-0.4, -0.2) is 34.1 Å². The van der Waals surface area contributed by atoms with E-state index in [1.807, 2.05) is 0 Å². The molecular formula is C28H44O3. The second kappa shape index (κ2) is 7.18. The van der Waals surface area contributed by atoms with Crippen LogP contribution in [0.4, 0.5) is 0 Å². The lowest BCUT2D eigenvalue weighted by Crippen LogP contribution is -2.57. The van der Waals surface area contributed by atoms with Crippen LogP contribution in [-0.2, 0) is 4.74 Å². The van der Waals surface area contributed by atoms with Crippen LogP contribution >= 0.6 is 0 Å². The normalized spacial score (nSPS) is 50.7. The number of ether oxygens (including phenoxy) is 1. The quantitative estimate of drug-likeness (QED) is 0.449. The van der Waals surface area contributed by atoms with Gasteiger partial charge in [-0.3, -0.25) is 0 Å². The average molecular weight is 429 g/mol. The molecule has 4 aliphatic carbocycles. The summed E-state index contributed by atoms with van der Waals surface area (Å²) in [5.74, 6) is 2.95. The summed E-state index contributed by atoms with van der Waals surface area (Å²) in [6.45, 7) is 14.2. The van der Waals surface area contributed by atoms with Gasteiger partial charge in [0, 0.05) is 11.8 Å². The van der Waals surface area contributed by atoms with Gasteiger partial charge >= 0.3 is 0 Å². The molecular weight excluding hydrogens is 384 g/mol. The minimum atomic E-state index is -0.469. The zero-order chi connectivity index (χ0) is 22.3. The molecule has 3 heteroatoms. The van der Waals surface area contributed by atoms with E-state index in [0.717, 1.165) is 25.7 Å². The predicted molar refractivity (Wildman–Crippen MR) is 124 cm³/mol. The third-order valence-corrected chi connectivity index (χ3v) is 10.9. The highest BCUT2D eigenvalue weighted by atomic mass is 16.6. The van der Waals surface area contributed by atoms with Crippen LogP contribution in [0.3, 0.4) is 0 Å². The van der Waals surface area contributed by atoms with Gasteiger partial charge in [0.25, 0.3) is 0 Å². The van der Waals surface area contributed by atoms with Crippen LogP contribution in [0.5, 0.6) is 0 Å². The highest BCUT2D eigenvalue weighted by Gasteiger charge is 2.77. The number of fused-ring (bicyclic) bond motifs is 3. The molecule has 174 valence electrons. The predicted octanol–water partition coefficient (Wildman–Crippen LogP) is 5.66. The van der Waals surface area contributed by atoms with Crippen molar-refractivity contribution in [1.29, 1.82) is 0 Å². The molecule has 1 saturated heterocycles. The maximum atomic E-state index is 11.5. The summed E-state index contributed by atoms with van der Waals surface area (Å²) in [5.41, 5.74) is 2.93. The molecule has 2 N–H and O–H groups in total. The highest BCUT2D eigenvalue weighted by Crippen LogP contribution is 2.72. The van der Waals surface area contributed by atoms with E-state index in [2.05, 4.69) is 53.7 Å². The molecule has 4 fully saturated rings. The fraction of sp³-hybridized carbons (Fsp3) is 0.857. The Morgan fingerprint density at radius 2 is 1.74 bits per heavy atom. The summed E-state index contributed by atoms with van der Waals surface area (Å²) in [7, 11) is 0. The highest BCUT2D eigenvalue weighted by molar-refractivity contribution is 5.43. The Balaban J connectivity index is 1.47. The van der Waals surface area contributed by atoms with Gasteiger partial charge in [0.05, 0.1) is 6.10 Å². The van der Waals surface area contributed by atoms with Crippen molar-refractivity contribution in [1.82, 2.24) is 0 Å². The van der Waals surface area contributed by atoms with Gasteiger partial charge in [-0.1, -0.05) is 59.3 Å². The van der Waals surface area contributed by atoms with Crippen molar-refractivity contribution in [3.63, 3.8) is 0 Å². The van der Waals surface area contributed by atoms with Crippen molar-refractivity contribution in [2.75, 3.05) is 0 Å². The molecule has 31 heavy (non-hydrogen) atoms. The Hall–Kier alpha value is -0.640. The van der Waals surface area contributed by atoms with Gasteiger partial charge in [-0.05, 0) is 79.1 Å². The molecule has 5 aliphatic rings. The van der Waals surface area contributed by atoms with Crippen LogP contribution in [0.15, 0.2) is 23.3 Å². The van der Waals surface area contributed by atoms with E-state index >= 15 is 0 Å². The Bertz CT molecular complexity index is 798. The van der Waals surface area contributed by atoms with Crippen molar-refractivity contribution < 1.29 is 14.9 Å². The molecule has 3 saturated carbocycles. The first-order valence-corrected chi connectivity index (χ1v) is 13.0.